The molecule has 1 amide bonds. The molecule has 8 heteroatoms. The van der Waals surface area contributed by atoms with Gasteiger partial charge in [-0.2, -0.15) is 0 Å². The zero-order chi connectivity index (χ0) is 24.5. The summed E-state index contributed by atoms with van der Waals surface area (Å²) >= 11 is 0. The van der Waals surface area contributed by atoms with Crippen LogP contribution >= 0.6 is 0 Å². The van der Waals surface area contributed by atoms with Gasteiger partial charge in [-0.3, -0.25) is 9.59 Å². The van der Waals surface area contributed by atoms with Crippen LogP contribution in [0.2, 0.25) is 0 Å². The summed E-state index contributed by atoms with van der Waals surface area (Å²) in [6, 6.07) is 5.47. The van der Waals surface area contributed by atoms with Crippen LogP contribution in [0.15, 0.2) is 41.6 Å². The van der Waals surface area contributed by atoms with Crippen LogP contribution in [-0.2, 0) is 10.2 Å². The van der Waals surface area contributed by atoms with Crippen molar-refractivity contribution in [2.24, 2.45) is 5.92 Å². The maximum Gasteiger partial charge on any atom is 0.274 e. The highest BCUT2D eigenvalue weighted by Gasteiger charge is 2.55. The van der Waals surface area contributed by atoms with Gasteiger partial charge in [0.25, 0.3) is 11.5 Å². The van der Waals surface area contributed by atoms with E-state index in [0.717, 1.165) is 37.0 Å². The Morgan fingerprint density at radius 2 is 2.11 bits per heavy atom. The summed E-state index contributed by atoms with van der Waals surface area (Å²) in [4.78, 5) is 31.3. The molecule has 2 bridgehead atoms. The molecule has 4 atom stereocenters. The number of aromatic nitrogens is 3. The molecule has 1 aliphatic heterocycles. The third-order valence-corrected chi connectivity index (χ3v) is 7.89. The van der Waals surface area contributed by atoms with Crippen molar-refractivity contribution in [1.29, 1.82) is 0 Å². The van der Waals surface area contributed by atoms with E-state index in [1.54, 1.807) is 29.1 Å². The van der Waals surface area contributed by atoms with E-state index in [2.05, 4.69) is 19.2 Å². The lowest BCUT2D eigenvalue weighted by Crippen LogP contribution is -2.26. The minimum absolute atomic E-state index is 0.0619. The van der Waals surface area contributed by atoms with Crippen molar-refractivity contribution in [3.8, 4) is 5.75 Å². The first-order valence-electron chi connectivity index (χ1n) is 12.5. The first kappa shape index (κ1) is 22.3. The Bertz CT molecular complexity index is 1380. The van der Waals surface area contributed by atoms with Crippen molar-refractivity contribution in [1.82, 2.24) is 14.0 Å². The molecule has 2 saturated carbocycles. The van der Waals surface area contributed by atoms with Crippen LogP contribution in [0.3, 0.4) is 0 Å². The van der Waals surface area contributed by atoms with E-state index in [0.29, 0.717) is 23.8 Å². The molecule has 3 aliphatic rings. The van der Waals surface area contributed by atoms with Gasteiger partial charge in [-0.1, -0.05) is 6.92 Å². The minimum Gasteiger partial charge on any atom is -0.490 e. The summed E-state index contributed by atoms with van der Waals surface area (Å²) in [5.41, 5.74) is 2.04. The molecule has 4 heterocycles. The van der Waals surface area contributed by atoms with E-state index >= 15 is 0 Å². The maximum atomic E-state index is 13.4. The SMILES string of the molecule is CC(C)Oc1cc2nc([C@@]34CC[C@@](C)(C3)OC4)cn2cc1C(=O)Nc1cccn([C@H]2C[C@H]2C)c1=O. The quantitative estimate of drug-likeness (QED) is 0.572. The number of nitrogens with one attached hydrogen (secondary N) is 1. The minimum atomic E-state index is -0.382. The van der Waals surface area contributed by atoms with E-state index in [-0.39, 0.29) is 40.3 Å². The fraction of sp³-hybridized carbons (Fsp3) is 0.519. The number of hydrogen-bond donors (Lipinski definition) is 1. The first-order valence-corrected chi connectivity index (χ1v) is 12.5. The Labute approximate surface area is 204 Å². The van der Waals surface area contributed by atoms with Gasteiger partial charge in [-0.25, -0.2) is 4.98 Å². The average molecular weight is 477 g/mol. The first-order chi connectivity index (χ1) is 16.7. The van der Waals surface area contributed by atoms with E-state index in [4.69, 9.17) is 14.5 Å². The molecule has 1 saturated heterocycles. The number of carbonyl (C=O) groups excluding carboxylic acids is 1. The Balaban J connectivity index is 1.35. The molecule has 0 spiro atoms. The number of anilines is 1. The second-order valence-corrected chi connectivity index (χ2v) is 11.2. The smallest absolute Gasteiger partial charge is 0.274 e. The zero-order valence-electron chi connectivity index (χ0n) is 20.7. The summed E-state index contributed by atoms with van der Waals surface area (Å²) in [5.74, 6) is 0.544. The second-order valence-electron chi connectivity index (χ2n) is 11.2. The molecule has 2 aliphatic carbocycles. The Kier molecular flexibility index (Phi) is 4.90. The van der Waals surface area contributed by atoms with Crippen LogP contribution in [-0.4, -0.2) is 38.2 Å². The number of fused-ring (bicyclic) bond motifs is 3. The Morgan fingerprint density at radius 3 is 2.74 bits per heavy atom. The van der Waals surface area contributed by atoms with Gasteiger partial charge in [0.15, 0.2) is 0 Å². The summed E-state index contributed by atoms with van der Waals surface area (Å²) in [6.07, 6.45) is 9.46. The van der Waals surface area contributed by atoms with Gasteiger partial charge in [-0.15, -0.1) is 0 Å². The molecule has 35 heavy (non-hydrogen) atoms. The fourth-order valence-electron chi connectivity index (χ4n) is 5.79. The number of rotatable bonds is 6. The lowest BCUT2D eigenvalue weighted by molar-refractivity contribution is -0.00627. The van der Waals surface area contributed by atoms with Gasteiger partial charge < -0.3 is 23.8 Å². The van der Waals surface area contributed by atoms with Crippen molar-refractivity contribution in [2.75, 3.05) is 11.9 Å². The van der Waals surface area contributed by atoms with E-state index in [1.165, 1.54) is 0 Å². The molecule has 0 unspecified atom stereocenters. The topological polar surface area (TPSA) is 86.9 Å². The highest BCUT2D eigenvalue weighted by molar-refractivity contribution is 6.06. The Morgan fingerprint density at radius 1 is 1.31 bits per heavy atom. The van der Waals surface area contributed by atoms with Crippen LogP contribution in [0.4, 0.5) is 5.69 Å². The maximum absolute atomic E-state index is 13.4. The lowest BCUT2D eigenvalue weighted by atomic mass is 9.84. The number of carbonyl (C=O) groups is 1. The zero-order valence-corrected chi connectivity index (χ0v) is 20.7. The second kappa shape index (κ2) is 7.68. The molecule has 0 radical (unpaired) electrons. The molecule has 1 N–H and O–H groups in total. The number of imidazole rings is 1. The highest BCUT2D eigenvalue weighted by Crippen LogP contribution is 2.53. The largest absolute Gasteiger partial charge is 0.490 e. The van der Waals surface area contributed by atoms with Crippen molar-refractivity contribution >= 4 is 17.2 Å². The molecule has 184 valence electrons. The van der Waals surface area contributed by atoms with Crippen molar-refractivity contribution < 1.29 is 14.3 Å². The van der Waals surface area contributed by atoms with Gasteiger partial charge in [0.1, 0.15) is 17.1 Å². The predicted molar refractivity (Wildman–Crippen MR) is 132 cm³/mol. The van der Waals surface area contributed by atoms with Gasteiger partial charge in [0, 0.05) is 36.1 Å². The number of pyridine rings is 2. The molecular formula is C27H32N4O4. The van der Waals surface area contributed by atoms with Gasteiger partial charge in [0.05, 0.1) is 29.6 Å². The molecule has 6 rings (SSSR count). The summed E-state index contributed by atoms with van der Waals surface area (Å²) in [7, 11) is 0. The van der Waals surface area contributed by atoms with Crippen LogP contribution in [0, 0.1) is 5.92 Å². The van der Waals surface area contributed by atoms with Crippen LogP contribution < -0.4 is 15.6 Å². The number of ether oxygens (including phenoxy) is 2. The normalized spacial score (nSPS) is 29.2. The predicted octanol–water partition coefficient (Wildman–Crippen LogP) is 4.33. The molecule has 3 aromatic rings. The lowest BCUT2D eigenvalue weighted by Gasteiger charge is -2.24. The Hall–Kier alpha value is -3.13. The number of amides is 1. The number of hydrogen-bond acceptors (Lipinski definition) is 5. The van der Waals surface area contributed by atoms with Gasteiger partial charge >= 0.3 is 0 Å². The monoisotopic (exact) mass is 476 g/mol. The van der Waals surface area contributed by atoms with Crippen molar-refractivity contribution in [3.63, 3.8) is 0 Å². The molecule has 3 aromatic heterocycles. The number of nitrogens with zero attached hydrogens (tertiary/aromatic N) is 3. The van der Waals surface area contributed by atoms with Crippen molar-refractivity contribution in [3.05, 3.63) is 58.4 Å². The van der Waals surface area contributed by atoms with E-state index in [9.17, 15) is 9.59 Å². The van der Waals surface area contributed by atoms with E-state index < -0.39 is 0 Å². The van der Waals surface area contributed by atoms with Gasteiger partial charge in [0.2, 0.25) is 0 Å². The van der Waals surface area contributed by atoms with Gasteiger partial charge in [-0.05, 0) is 64.5 Å². The molecule has 3 fully saturated rings. The fourth-order valence-corrected chi connectivity index (χ4v) is 5.79. The third-order valence-electron chi connectivity index (χ3n) is 7.89. The molecule has 8 nitrogen and oxygen atoms in total. The van der Waals surface area contributed by atoms with Crippen LogP contribution in [0.25, 0.3) is 5.65 Å². The summed E-state index contributed by atoms with van der Waals surface area (Å²) < 4.78 is 15.7. The summed E-state index contributed by atoms with van der Waals surface area (Å²) in [6.45, 7) is 8.81. The molecule has 0 aromatic carbocycles. The standard InChI is InChI=1S/C27H32N4O4/c1-16(2)35-21-11-23-29-22(27-8-7-26(4,14-27)34-15-27)13-30(23)12-18(21)24(32)28-19-6-5-9-31(25(19)33)20-10-17(20)3/h5-6,9,11-13,16-17,20H,7-8,10,14-15H2,1-4H3,(H,28,32)/t17-,20+,26+,27+/m1/s1. The summed E-state index contributed by atoms with van der Waals surface area (Å²) in [5, 5.41) is 2.83. The van der Waals surface area contributed by atoms with E-state index in [1.807, 2.05) is 30.5 Å². The highest BCUT2D eigenvalue weighted by atomic mass is 16.5. The van der Waals surface area contributed by atoms with Crippen molar-refractivity contribution in [2.45, 2.75) is 76.5 Å². The third kappa shape index (κ3) is 3.75. The molecular weight excluding hydrogens is 444 g/mol. The van der Waals surface area contributed by atoms with Crippen LogP contribution in [0.5, 0.6) is 5.75 Å². The average Bonchev–Trinajstić information content (AvgIpc) is 3.12. The van der Waals surface area contributed by atoms with Crippen LogP contribution in [0.1, 0.15) is 75.5 Å².